The summed E-state index contributed by atoms with van der Waals surface area (Å²) in [5, 5.41) is 8.00. The molecule has 7 heteroatoms. The van der Waals surface area contributed by atoms with Crippen LogP contribution in [0, 0.1) is 11.2 Å². The molecule has 0 saturated carbocycles. The summed E-state index contributed by atoms with van der Waals surface area (Å²) in [4.78, 5) is 17.9. The SMILES string of the molecule is COc1ccc(-c2nc3n(n2)C(c2ccccc2F)C2=C(CC(C)(C)CC2=O)N3)cc1. The lowest BCUT2D eigenvalue weighted by Crippen LogP contribution is -2.36. The molecule has 158 valence electrons. The second-order valence-electron chi connectivity index (χ2n) is 8.81. The highest BCUT2D eigenvalue weighted by molar-refractivity contribution is 6.00. The number of carbonyl (C=O) groups is 1. The molecule has 0 fully saturated rings. The smallest absolute Gasteiger partial charge is 0.226 e. The van der Waals surface area contributed by atoms with Crippen LogP contribution >= 0.6 is 0 Å². The normalized spacial score (nSPS) is 19.5. The van der Waals surface area contributed by atoms with Crippen LogP contribution in [0.2, 0.25) is 0 Å². The number of carbonyl (C=O) groups excluding carboxylic acids is 1. The van der Waals surface area contributed by atoms with Gasteiger partial charge in [-0.3, -0.25) is 4.79 Å². The van der Waals surface area contributed by atoms with Crippen molar-refractivity contribution in [3.8, 4) is 17.1 Å². The van der Waals surface area contributed by atoms with Gasteiger partial charge in [0.1, 0.15) is 17.6 Å². The lowest BCUT2D eigenvalue weighted by Gasteiger charge is -2.38. The highest BCUT2D eigenvalue weighted by atomic mass is 19.1. The van der Waals surface area contributed by atoms with Gasteiger partial charge >= 0.3 is 0 Å². The molecule has 0 radical (unpaired) electrons. The monoisotopic (exact) mass is 418 g/mol. The molecule has 2 aromatic carbocycles. The average molecular weight is 418 g/mol. The van der Waals surface area contributed by atoms with E-state index < -0.39 is 6.04 Å². The fourth-order valence-corrected chi connectivity index (χ4v) is 4.46. The number of ketones is 1. The summed E-state index contributed by atoms with van der Waals surface area (Å²) in [6.07, 6.45) is 1.09. The molecular weight excluding hydrogens is 395 g/mol. The minimum Gasteiger partial charge on any atom is -0.497 e. The molecule has 0 bridgehead atoms. The number of fused-ring (bicyclic) bond motifs is 1. The molecule has 3 aromatic rings. The van der Waals surface area contributed by atoms with Crippen molar-refractivity contribution in [2.75, 3.05) is 12.4 Å². The van der Waals surface area contributed by atoms with Gasteiger partial charge in [-0.2, -0.15) is 4.98 Å². The second-order valence-corrected chi connectivity index (χ2v) is 8.81. The molecule has 1 N–H and O–H groups in total. The van der Waals surface area contributed by atoms with Gasteiger partial charge in [0.25, 0.3) is 0 Å². The molecule has 1 aliphatic heterocycles. The van der Waals surface area contributed by atoms with Crippen molar-refractivity contribution in [2.24, 2.45) is 5.41 Å². The Labute approximate surface area is 179 Å². The third-order valence-corrected chi connectivity index (χ3v) is 5.88. The van der Waals surface area contributed by atoms with E-state index in [4.69, 9.17) is 4.74 Å². The molecule has 1 aromatic heterocycles. The van der Waals surface area contributed by atoms with Crippen molar-refractivity contribution in [1.29, 1.82) is 0 Å². The van der Waals surface area contributed by atoms with Gasteiger partial charge in [-0.05, 0) is 42.2 Å². The maximum atomic E-state index is 14.9. The topological polar surface area (TPSA) is 69.0 Å². The first-order valence-electron chi connectivity index (χ1n) is 10.2. The highest BCUT2D eigenvalue weighted by Gasteiger charge is 2.42. The molecular formula is C24H23FN4O2. The average Bonchev–Trinajstić information content (AvgIpc) is 3.15. The first-order chi connectivity index (χ1) is 14.9. The molecule has 1 atom stereocenters. The Bertz CT molecular complexity index is 1210. The molecule has 1 unspecified atom stereocenters. The molecule has 6 nitrogen and oxygen atoms in total. The predicted molar refractivity (Wildman–Crippen MR) is 115 cm³/mol. The Hall–Kier alpha value is -3.48. The summed E-state index contributed by atoms with van der Waals surface area (Å²) >= 11 is 0. The largest absolute Gasteiger partial charge is 0.497 e. The second kappa shape index (κ2) is 7.04. The van der Waals surface area contributed by atoms with Crippen LogP contribution in [0.3, 0.4) is 0 Å². The maximum Gasteiger partial charge on any atom is 0.226 e. The maximum absolute atomic E-state index is 14.9. The number of allylic oxidation sites excluding steroid dienone is 2. The van der Waals surface area contributed by atoms with Gasteiger partial charge in [-0.1, -0.05) is 32.0 Å². The predicted octanol–water partition coefficient (Wildman–Crippen LogP) is 4.75. The van der Waals surface area contributed by atoms with E-state index in [1.54, 1.807) is 30.0 Å². The van der Waals surface area contributed by atoms with E-state index in [0.29, 0.717) is 35.8 Å². The summed E-state index contributed by atoms with van der Waals surface area (Å²) in [5.41, 5.74) is 2.42. The number of hydrogen-bond acceptors (Lipinski definition) is 5. The Kier molecular flexibility index (Phi) is 4.43. The van der Waals surface area contributed by atoms with Gasteiger partial charge in [-0.25, -0.2) is 9.07 Å². The Morgan fingerprint density at radius 2 is 1.87 bits per heavy atom. The van der Waals surface area contributed by atoms with Crippen molar-refractivity contribution in [3.05, 3.63) is 71.2 Å². The Morgan fingerprint density at radius 3 is 2.58 bits per heavy atom. The first-order valence-corrected chi connectivity index (χ1v) is 10.2. The minimum absolute atomic E-state index is 0.0131. The van der Waals surface area contributed by atoms with Crippen molar-refractivity contribution >= 4 is 11.7 Å². The Balaban J connectivity index is 1.67. The summed E-state index contributed by atoms with van der Waals surface area (Å²) < 4.78 is 21.7. The number of nitrogens with one attached hydrogen (secondary N) is 1. The molecule has 0 amide bonds. The van der Waals surface area contributed by atoms with Crippen molar-refractivity contribution in [2.45, 2.75) is 32.7 Å². The van der Waals surface area contributed by atoms with Gasteiger partial charge in [-0.15, -0.1) is 5.10 Å². The molecule has 1 aliphatic carbocycles. The molecule has 0 saturated heterocycles. The fraction of sp³-hybridized carbons (Fsp3) is 0.292. The number of benzene rings is 2. The van der Waals surface area contributed by atoms with Gasteiger partial charge in [0.15, 0.2) is 11.6 Å². The lowest BCUT2D eigenvalue weighted by atomic mass is 9.73. The lowest BCUT2D eigenvalue weighted by molar-refractivity contribution is -0.118. The third-order valence-electron chi connectivity index (χ3n) is 5.88. The van der Waals surface area contributed by atoms with E-state index in [0.717, 1.165) is 17.0 Å². The van der Waals surface area contributed by atoms with Crippen LogP contribution in [0.15, 0.2) is 59.8 Å². The highest BCUT2D eigenvalue weighted by Crippen LogP contribution is 2.46. The van der Waals surface area contributed by atoms with Crippen LogP contribution < -0.4 is 10.1 Å². The van der Waals surface area contributed by atoms with Crippen LogP contribution in [0.4, 0.5) is 10.3 Å². The quantitative estimate of drug-likeness (QED) is 0.665. The fourth-order valence-electron chi connectivity index (χ4n) is 4.46. The third kappa shape index (κ3) is 3.30. The van der Waals surface area contributed by atoms with Crippen LogP contribution in [0.1, 0.15) is 38.3 Å². The number of Topliss-reactive ketones (excluding diaryl/α,β-unsaturated/α-hetero) is 1. The molecule has 0 spiro atoms. The van der Waals surface area contributed by atoms with E-state index in [1.165, 1.54) is 6.07 Å². The molecule has 2 aliphatic rings. The zero-order valence-electron chi connectivity index (χ0n) is 17.6. The number of aromatic nitrogens is 3. The number of nitrogens with zero attached hydrogens (tertiary/aromatic N) is 3. The van der Waals surface area contributed by atoms with E-state index in [1.807, 2.05) is 24.3 Å². The van der Waals surface area contributed by atoms with Crippen LogP contribution in [-0.2, 0) is 4.79 Å². The zero-order chi connectivity index (χ0) is 21.8. The van der Waals surface area contributed by atoms with Crippen LogP contribution in [-0.4, -0.2) is 27.7 Å². The number of rotatable bonds is 3. The van der Waals surface area contributed by atoms with Crippen LogP contribution in [0.5, 0.6) is 5.75 Å². The van der Waals surface area contributed by atoms with Gasteiger partial charge < -0.3 is 10.1 Å². The number of ether oxygens (including phenoxy) is 1. The van der Waals surface area contributed by atoms with E-state index in [9.17, 15) is 9.18 Å². The number of halogens is 1. The van der Waals surface area contributed by atoms with Gasteiger partial charge in [0.2, 0.25) is 5.95 Å². The van der Waals surface area contributed by atoms with Crippen molar-refractivity contribution < 1.29 is 13.9 Å². The Morgan fingerprint density at radius 1 is 1.13 bits per heavy atom. The summed E-state index contributed by atoms with van der Waals surface area (Å²) in [5.74, 6) is 1.38. The first kappa shape index (κ1) is 19.5. The van der Waals surface area contributed by atoms with E-state index in [-0.39, 0.29) is 17.0 Å². The standard InChI is InChI=1S/C24H23FN4O2/c1-24(2)12-18-20(19(30)13-24)21(16-6-4-5-7-17(16)25)29-23(26-18)27-22(28-29)14-8-10-15(31-3)11-9-14/h4-11,21H,12-13H2,1-3H3,(H,26,27,28). The minimum atomic E-state index is -0.657. The molecule has 5 rings (SSSR count). The summed E-state index contributed by atoms with van der Waals surface area (Å²) in [6, 6.07) is 13.3. The zero-order valence-corrected chi connectivity index (χ0v) is 17.6. The van der Waals surface area contributed by atoms with Crippen molar-refractivity contribution in [1.82, 2.24) is 14.8 Å². The van der Waals surface area contributed by atoms with Gasteiger partial charge in [0.05, 0.1) is 7.11 Å². The van der Waals surface area contributed by atoms with E-state index in [2.05, 4.69) is 29.2 Å². The number of methoxy groups -OCH3 is 1. The van der Waals surface area contributed by atoms with E-state index >= 15 is 0 Å². The van der Waals surface area contributed by atoms with Gasteiger partial charge in [0, 0.05) is 28.8 Å². The molecule has 2 heterocycles. The van der Waals surface area contributed by atoms with Crippen LogP contribution in [0.25, 0.3) is 11.4 Å². The summed E-state index contributed by atoms with van der Waals surface area (Å²) in [6.45, 7) is 4.13. The summed E-state index contributed by atoms with van der Waals surface area (Å²) in [7, 11) is 1.61. The number of hydrogen-bond donors (Lipinski definition) is 1. The number of anilines is 1. The van der Waals surface area contributed by atoms with Crippen molar-refractivity contribution in [3.63, 3.8) is 0 Å². The molecule has 31 heavy (non-hydrogen) atoms.